The van der Waals surface area contributed by atoms with Crippen LogP contribution < -0.4 is 15.4 Å². The van der Waals surface area contributed by atoms with Crippen molar-refractivity contribution in [3.63, 3.8) is 0 Å². The zero-order chi connectivity index (χ0) is 17.5. The van der Waals surface area contributed by atoms with Crippen molar-refractivity contribution in [2.24, 2.45) is 0 Å². The number of para-hydroxylation sites is 2. The fourth-order valence-corrected chi connectivity index (χ4v) is 2.93. The van der Waals surface area contributed by atoms with Crippen LogP contribution in [-0.4, -0.2) is 35.4 Å². The monoisotopic (exact) mass is 378 g/mol. The minimum absolute atomic E-state index is 0. The van der Waals surface area contributed by atoms with Gasteiger partial charge in [-0.05, 0) is 44.0 Å². The zero-order valence-corrected chi connectivity index (χ0v) is 15.9. The summed E-state index contributed by atoms with van der Waals surface area (Å²) in [6.45, 7) is 4.72. The maximum atomic E-state index is 12.5. The summed E-state index contributed by atoms with van der Waals surface area (Å²) in [5.74, 6) is 0.481. The van der Waals surface area contributed by atoms with Gasteiger partial charge >= 0.3 is 0 Å². The van der Waals surface area contributed by atoms with Crippen molar-refractivity contribution in [3.05, 3.63) is 42.2 Å². The number of amides is 1. The first kappa shape index (κ1) is 20.3. The first-order chi connectivity index (χ1) is 12.3. The number of halogens is 1. The first-order valence-corrected chi connectivity index (χ1v) is 9.07. The van der Waals surface area contributed by atoms with Gasteiger partial charge < -0.3 is 15.4 Å². The van der Waals surface area contributed by atoms with Crippen LogP contribution in [0.15, 0.2) is 36.5 Å². The molecule has 0 saturated carbocycles. The number of piperidine rings is 1. The largest absolute Gasteiger partial charge is 0.491 e. The fourth-order valence-electron chi connectivity index (χ4n) is 2.93. The summed E-state index contributed by atoms with van der Waals surface area (Å²) >= 11 is 0. The maximum Gasteiger partial charge on any atom is 0.276 e. The quantitative estimate of drug-likeness (QED) is 0.721. The van der Waals surface area contributed by atoms with E-state index in [4.69, 9.17) is 4.74 Å². The van der Waals surface area contributed by atoms with Gasteiger partial charge in [0.15, 0.2) is 5.69 Å². The number of benzene rings is 1. The topological polar surface area (TPSA) is 68.2 Å². The van der Waals surface area contributed by atoms with Crippen molar-refractivity contribution >= 4 is 24.0 Å². The van der Waals surface area contributed by atoms with Gasteiger partial charge in [-0.1, -0.05) is 25.5 Å². The van der Waals surface area contributed by atoms with E-state index in [0.29, 0.717) is 29.8 Å². The molecule has 1 amide bonds. The lowest BCUT2D eigenvalue weighted by Gasteiger charge is -2.22. The third-order valence-corrected chi connectivity index (χ3v) is 4.38. The van der Waals surface area contributed by atoms with E-state index in [0.717, 1.165) is 38.8 Å². The third kappa shape index (κ3) is 5.22. The second-order valence-corrected chi connectivity index (χ2v) is 6.33. The maximum absolute atomic E-state index is 12.5. The number of anilines is 1. The van der Waals surface area contributed by atoms with E-state index in [9.17, 15) is 4.79 Å². The van der Waals surface area contributed by atoms with Gasteiger partial charge in [0.25, 0.3) is 5.91 Å². The van der Waals surface area contributed by atoms with E-state index >= 15 is 0 Å². The Morgan fingerprint density at radius 3 is 3.00 bits per heavy atom. The lowest BCUT2D eigenvalue weighted by molar-refractivity contribution is 0.102. The second-order valence-electron chi connectivity index (χ2n) is 6.33. The van der Waals surface area contributed by atoms with Gasteiger partial charge in [-0.15, -0.1) is 12.4 Å². The van der Waals surface area contributed by atoms with Crippen LogP contribution in [0.3, 0.4) is 0 Å². The number of carbonyl (C=O) groups excluding carboxylic acids is 1. The van der Waals surface area contributed by atoms with Crippen molar-refractivity contribution in [2.45, 2.75) is 38.6 Å². The number of hydrogen-bond acceptors (Lipinski definition) is 4. The van der Waals surface area contributed by atoms with Crippen molar-refractivity contribution in [1.29, 1.82) is 0 Å². The molecule has 26 heavy (non-hydrogen) atoms. The van der Waals surface area contributed by atoms with Gasteiger partial charge in [-0.3, -0.25) is 9.48 Å². The summed E-state index contributed by atoms with van der Waals surface area (Å²) < 4.78 is 7.66. The molecule has 6 nitrogen and oxygen atoms in total. The number of aromatic nitrogens is 2. The van der Waals surface area contributed by atoms with Crippen molar-refractivity contribution in [1.82, 2.24) is 15.1 Å². The lowest BCUT2D eigenvalue weighted by Crippen LogP contribution is -2.32. The number of ether oxygens (including phenoxy) is 1. The van der Waals surface area contributed by atoms with Crippen LogP contribution in [0.2, 0.25) is 0 Å². The van der Waals surface area contributed by atoms with Crippen LogP contribution in [0.4, 0.5) is 5.69 Å². The molecule has 2 N–H and O–H groups in total. The fraction of sp³-hybridized carbons (Fsp3) is 0.474. The van der Waals surface area contributed by atoms with Crippen LogP contribution in [0.1, 0.15) is 49.1 Å². The summed E-state index contributed by atoms with van der Waals surface area (Å²) in [7, 11) is 0. The molecule has 1 saturated heterocycles. The SMILES string of the molecule is CCCCOc1ccccc1NC(=O)c1ccn(C2CCCNC2)n1.Cl. The minimum Gasteiger partial charge on any atom is -0.491 e. The van der Waals surface area contributed by atoms with Gasteiger partial charge in [0.05, 0.1) is 18.3 Å². The van der Waals surface area contributed by atoms with Crippen molar-refractivity contribution < 1.29 is 9.53 Å². The number of nitrogens with zero attached hydrogens (tertiary/aromatic N) is 2. The van der Waals surface area contributed by atoms with Crippen molar-refractivity contribution in [3.8, 4) is 5.75 Å². The molecule has 1 fully saturated rings. The van der Waals surface area contributed by atoms with Crippen LogP contribution in [0.5, 0.6) is 5.75 Å². The summed E-state index contributed by atoms with van der Waals surface area (Å²) in [6, 6.07) is 9.60. The molecule has 7 heteroatoms. The Labute approximate surface area is 160 Å². The molecule has 1 atom stereocenters. The highest BCUT2D eigenvalue weighted by Crippen LogP contribution is 2.24. The smallest absolute Gasteiger partial charge is 0.276 e. The van der Waals surface area contributed by atoms with Crippen LogP contribution in [0, 0.1) is 0 Å². The number of rotatable bonds is 7. The molecule has 1 unspecified atom stereocenters. The molecule has 1 aromatic carbocycles. The summed E-state index contributed by atoms with van der Waals surface area (Å²) in [5, 5.41) is 10.7. The van der Waals surface area contributed by atoms with Crippen LogP contribution in [-0.2, 0) is 0 Å². The predicted octanol–water partition coefficient (Wildman–Crippen LogP) is 3.66. The van der Waals surface area contributed by atoms with E-state index in [-0.39, 0.29) is 18.3 Å². The Kier molecular flexibility index (Phi) is 7.94. The Morgan fingerprint density at radius 2 is 2.23 bits per heavy atom. The molecule has 0 aliphatic carbocycles. The Bertz CT molecular complexity index is 698. The molecule has 2 heterocycles. The van der Waals surface area contributed by atoms with Gasteiger partial charge in [-0.25, -0.2) is 0 Å². The van der Waals surface area contributed by atoms with E-state index in [1.807, 2.05) is 35.1 Å². The number of hydrogen-bond donors (Lipinski definition) is 2. The van der Waals surface area contributed by atoms with Gasteiger partial charge in [0.2, 0.25) is 0 Å². The third-order valence-electron chi connectivity index (χ3n) is 4.38. The molecule has 1 aromatic heterocycles. The standard InChI is InChI=1S/C19H26N4O2.ClH/c1-2-3-13-25-18-9-5-4-8-16(18)21-19(24)17-10-12-23(22-17)15-7-6-11-20-14-15;/h4-5,8-10,12,15,20H,2-3,6-7,11,13-14H2,1H3,(H,21,24);1H. The molecule has 142 valence electrons. The zero-order valence-electron chi connectivity index (χ0n) is 15.1. The average molecular weight is 379 g/mol. The van der Waals surface area contributed by atoms with Gasteiger partial charge in [-0.2, -0.15) is 5.10 Å². The van der Waals surface area contributed by atoms with Crippen LogP contribution in [0.25, 0.3) is 0 Å². The highest BCUT2D eigenvalue weighted by molar-refractivity contribution is 6.03. The van der Waals surface area contributed by atoms with E-state index < -0.39 is 0 Å². The molecular weight excluding hydrogens is 352 g/mol. The highest BCUT2D eigenvalue weighted by Gasteiger charge is 2.18. The highest BCUT2D eigenvalue weighted by atomic mass is 35.5. The molecule has 0 radical (unpaired) electrons. The van der Waals surface area contributed by atoms with Crippen LogP contribution >= 0.6 is 12.4 Å². The molecule has 0 spiro atoms. The average Bonchev–Trinajstić information content (AvgIpc) is 3.14. The molecule has 1 aliphatic rings. The van der Waals surface area contributed by atoms with Crippen molar-refractivity contribution in [2.75, 3.05) is 25.0 Å². The van der Waals surface area contributed by atoms with E-state index in [1.54, 1.807) is 6.07 Å². The van der Waals surface area contributed by atoms with E-state index in [2.05, 4.69) is 22.7 Å². The predicted molar refractivity (Wildman–Crippen MR) is 105 cm³/mol. The summed E-state index contributed by atoms with van der Waals surface area (Å²) in [5.41, 5.74) is 1.10. The normalized spacial score (nSPS) is 16.6. The Morgan fingerprint density at radius 1 is 1.38 bits per heavy atom. The van der Waals surface area contributed by atoms with Gasteiger partial charge in [0.1, 0.15) is 5.75 Å². The minimum atomic E-state index is -0.214. The number of nitrogens with one attached hydrogen (secondary N) is 2. The summed E-state index contributed by atoms with van der Waals surface area (Å²) in [4.78, 5) is 12.5. The molecule has 1 aliphatic heterocycles. The lowest BCUT2D eigenvalue weighted by atomic mass is 10.1. The Balaban J connectivity index is 0.00000243. The molecule has 3 rings (SSSR count). The summed E-state index contributed by atoms with van der Waals surface area (Å²) in [6.07, 6.45) is 6.17. The molecule has 0 bridgehead atoms. The Hall–Kier alpha value is -2.05. The number of unbranched alkanes of at least 4 members (excludes halogenated alkanes) is 1. The molecule has 2 aromatic rings. The first-order valence-electron chi connectivity index (χ1n) is 9.07. The van der Waals surface area contributed by atoms with Gasteiger partial charge in [0, 0.05) is 12.7 Å². The molecular formula is C19H27ClN4O2. The van der Waals surface area contributed by atoms with E-state index in [1.165, 1.54) is 0 Å². The number of carbonyl (C=O) groups is 1. The second kappa shape index (κ2) is 10.2.